The maximum Gasteiger partial charge on any atom is 0.424 e. The highest BCUT2D eigenvalue weighted by atomic mass is 16.6. The van der Waals surface area contributed by atoms with Crippen molar-refractivity contribution in [1.82, 2.24) is 10.0 Å². The van der Waals surface area contributed by atoms with Gasteiger partial charge in [0, 0.05) is 21.1 Å². The van der Waals surface area contributed by atoms with Crippen LogP contribution in [0.15, 0.2) is 30.3 Å². The first kappa shape index (κ1) is 13.5. The minimum Gasteiger partial charge on any atom is -0.440 e. The Bertz CT molecular complexity index is 352. The van der Waals surface area contributed by atoms with Gasteiger partial charge in [0.15, 0.2) is 0 Å². The van der Waals surface area contributed by atoms with Crippen molar-refractivity contribution in [3.63, 3.8) is 0 Å². The van der Waals surface area contributed by atoms with Gasteiger partial charge in [0.05, 0.1) is 0 Å². The number of hydrogen-bond donors (Lipinski definition) is 0. The van der Waals surface area contributed by atoms with E-state index in [4.69, 9.17) is 4.74 Å². The summed E-state index contributed by atoms with van der Waals surface area (Å²) in [7, 11) is 5.27. The third-order valence-electron chi connectivity index (χ3n) is 2.65. The van der Waals surface area contributed by atoms with Gasteiger partial charge in [-0.25, -0.2) is 14.8 Å². The number of rotatable bonds is 4. The minimum absolute atomic E-state index is 0.189. The second-order valence-electron chi connectivity index (χ2n) is 4.06. The molecule has 1 aromatic rings. The Hall–Kier alpha value is -1.55. The van der Waals surface area contributed by atoms with Gasteiger partial charge < -0.3 is 4.74 Å². The molecule has 0 N–H and O–H groups in total. The van der Waals surface area contributed by atoms with Crippen molar-refractivity contribution >= 4 is 6.09 Å². The maximum atomic E-state index is 11.8. The van der Waals surface area contributed by atoms with Gasteiger partial charge in [-0.1, -0.05) is 37.3 Å². The molecule has 4 heteroatoms. The third kappa shape index (κ3) is 3.75. The summed E-state index contributed by atoms with van der Waals surface area (Å²) in [6.45, 7) is 2.00. The van der Waals surface area contributed by atoms with Gasteiger partial charge in [0.25, 0.3) is 0 Å². The zero-order valence-electron chi connectivity index (χ0n) is 10.9. The number of ether oxygens (including phenoxy) is 1. The minimum atomic E-state index is -0.342. The molecule has 0 saturated heterocycles. The fourth-order valence-corrected chi connectivity index (χ4v) is 1.42. The van der Waals surface area contributed by atoms with Crippen LogP contribution in [0.5, 0.6) is 0 Å². The van der Waals surface area contributed by atoms with Crippen LogP contribution in [0.25, 0.3) is 0 Å². The fourth-order valence-electron chi connectivity index (χ4n) is 1.42. The van der Waals surface area contributed by atoms with Crippen LogP contribution >= 0.6 is 0 Å². The number of amides is 1. The van der Waals surface area contributed by atoms with Gasteiger partial charge in [-0.2, -0.15) is 0 Å². The van der Waals surface area contributed by atoms with Crippen molar-refractivity contribution in [2.24, 2.45) is 0 Å². The van der Waals surface area contributed by atoms with E-state index in [-0.39, 0.29) is 12.2 Å². The van der Waals surface area contributed by atoms with Crippen molar-refractivity contribution in [3.05, 3.63) is 35.9 Å². The molecule has 0 heterocycles. The Labute approximate surface area is 103 Å². The molecule has 0 aliphatic rings. The topological polar surface area (TPSA) is 32.8 Å². The van der Waals surface area contributed by atoms with E-state index in [1.807, 2.05) is 37.3 Å². The largest absolute Gasteiger partial charge is 0.440 e. The van der Waals surface area contributed by atoms with Crippen molar-refractivity contribution in [2.75, 3.05) is 21.1 Å². The van der Waals surface area contributed by atoms with Crippen molar-refractivity contribution < 1.29 is 9.53 Å². The molecular formula is C13H20N2O2. The van der Waals surface area contributed by atoms with E-state index in [1.54, 1.807) is 26.2 Å². The molecule has 0 spiro atoms. The van der Waals surface area contributed by atoms with E-state index in [9.17, 15) is 4.79 Å². The average molecular weight is 236 g/mol. The van der Waals surface area contributed by atoms with Gasteiger partial charge in [-0.3, -0.25) is 0 Å². The lowest BCUT2D eigenvalue weighted by Crippen LogP contribution is -2.39. The van der Waals surface area contributed by atoms with Crippen molar-refractivity contribution in [1.29, 1.82) is 0 Å². The van der Waals surface area contributed by atoms with Gasteiger partial charge in [0.1, 0.15) is 6.10 Å². The molecule has 0 radical (unpaired) electrons. The summed E-state index contributed by atoms with van der Waals surface area (Å²) >= 11 is 0. The molecule has 1 unspecified atom stereocenters. The average Bonchev–Trinajstić information content (AvgIpc) is 2.35. The van der Waals surface area contributed by atoms with Crippen LogP contribution in [0, 0.1) is 0 Å². The number of hydrogen-bond acceptors (Lipinski definition) is 3. The Balaban J connectivity index is 2.68. The van der Waals surface area contributed by atoms with Gasteiger partial charge in [-0.05, 0) is 12.0 Å². The summed E-state index contributed by atoms with van der Waals surface area (Å²) < 4.78 is 5.45. The van der Waals surface area contributed by atoms with E-state index in [1.165, 1.54) is 5.01 Å². The Kier molecular flexibility index (Phi) is 4.97. The second-order valence-corrected chi connectivity index (χ2v) is 4.06. The predicted molar refractivity (Wildman–Crippen MR) is 67.4 cm³/mol. The van der Waals surface area contributed by atoms with E-state index in [0.29, 0.717) is 0 Å². The number of nitrogens with zero attached hydrogens (tertiary/aromatic N) is 2. The lowest BCUT2D eigenvalue weighted by molar-refractivity contribution is 0.00615. The number of carbonyl (C=O) groups excluding carboxylic acids is 1. The lowest BCUT2D eigenvalue weighted by Gasteiger charge is -2.26. The Morgan fingerprint density at radius 3 is 2.29 bits per heavy atom. The number of benzene rings is 1. The van der Waals surface area contributed by atoms with Gasteiger partial charge in [-0.15, -0.1) is 0 Å². The van der Waals surface area contributed by atoms with Gasteiger partial charge in [0.2, 0.25) is 0 Å². The maximum absolute atomic E-state index is 11.8. The smallest absolute Gasteiger partial charge is 0.424 e. The standard InChI is InChI=1S/C13H20N2O2/c1-5-12(11-9-7-6-8-10-11)17-13(16)15(4)14(2)3/h6-10,12H,5H2,1-4H3. The summed E-state index contributed by atoms with van der Waals surface area (Å²) in [6, 6.07) is 9.78. The third-order valence-corrected chi connectivity index (χ3v) is 2.65. The summed E-state index contributed by atoms with van der Waals surface area (Å²) in [6.07, 6.45) is 0.230. The normalized spacial score (nSPS) is 12.3. The van der Waals surface area contributed by atoms with Crippen LogP contribution < -0.4 is 0 Å². The molecule has 1 amide bonds. The van der Waals surface area contributed by atoms with Gasteiger partial charge >= 0.3 is 6.09 Å². The highest BCUT2D eigenvalue weighted by molar-refractivity contribution is 5.66. The number of hydrazine groups is 1. The molecule has 94 valence electrons. The van der Waals surface area contributed by atoms with E-state index in [0.717, 1.165) is 12.0 Å². The van der Waals surface area contributed by atoms with E-state index in [2.05, 4.69) is 0 Å². The first-order valence-electron chi connectivity index (χ1n) is 5.72. The SMILES string of the molecule is CCC(OC(=O)N(C)N(C)C)c1ccccc1. The van der Waals surface area contributed by atoms with E-state index < -0.39 is 0 Å². The molecule has 0 aliphatic heterocycles. The Morgan fingerprint density at radius 2 is 1.82 bits per heavy atom. The van der Waals surface area contributed by atoms with Crippen LogP contribution in [0.4, 0.5) is 4.79 Å². The Morgan fingerprint density at radius 1 is 1.24 bits per heavy atom. The first-order valence-corrected chi connectivity index (χ1v) is 5.72. The predicted octanol–water partition coefficient (Wildman–Crippen LogP) is 2.68. The molecule has 0 saturated carbocycles. The summed E-state index contributed by atoms with van der Waals surface area (Å²) in [4.78, 5) is 11.8. The van der Waals surface area contributed by atoms with Crippen LogP contribution in [0.2, 0.25) is 0 Å². The highest BCUT2D eigenvalue weighted by Gasteiger charge is 2.18. The fraction of sp³-hybridized carbons (Fsp3) is 0.462. The molecule has 0 fully saturated rings. The molecule has 0 aliphatic carbocycles. The summed E-state index contributed by atoms with van der Waals surface area (Å²) in [5.41, 5.74) is 1.02. The van der Waals surface area contributed by atoms with E-state index >= 15 is 0 Å². The lowest BCUT2D eigenvalue weighted by atomic mass is 10.1. The molecular weight excluding hydrogens is 216 g/mol. The molecule has 0 aromatic heterocycles. The van der Waals surface area contributed by atoms with Crippen LogP contribution in [0.1, 0.15) is 25.0 Å². The van der Waals surface area contributed by atoms with Crippen molar-refractivity contribution in [3.8, 4) is 0 Å². The van der Waals surface area contributed by atoms with Crippen LogP contribution in [-0.2, 0) is 4.74 Å². The zero-order chi connectivity index (χ0) is 12.8. The molecule has 1 aromatic carbocycles. The van der Waals surface area contributed by atoms with Crippen LogP contribution in [0.3, 0.4) is 0 Å². The monoisotopic (exact) mass is 236 g/mol. The highest BCUT2D eigenvalue weighted by Crippen LogP contribution is 2.21. The first-order chi connectivity index (χ1) is 8.06. The second kappa shape index (κ2) is 6.25. The number of carbonyl (C=O) groups is 1. The molecule has 4 nitrogen and oxygen atoms in total. The quantitative estimate of drug-likeness (QED) is 0.753. The zero-order valence-corrected chi connectivity index (χ0v) is 10.9. The summed E-state index contributed by atoms with van der Waals surface area (Å²) in [5, 5.41) is 3.12. The van der Waals surface area contributed by atoms with Crippen molar-refractivity contribution in [2.45, 2.75) is 19.4 Å². The van der Waals surface area contributed by atoms with Crippen LogP contribution in [-0.4, -0.2) is 37.3 Å². The molecule has 17 heavy (non-hydrogen) atoms. The molecule has 1 rings (SSSR count). The summed E-state index contributed by atoms with van der Waals surface area (Å²) in [5.74, 6) is 0. The molecule has 1 atom stereocenters. The molecule has 0 bridgehead atoms.